The summed E-state index contributed by atoms with van der Waals surface area (Å²) in [5.41, 5.74) is 7.93. The van der Waals surface area contributed by atoms with Crippen LogP contribution in [0, 0.1) is 5.92 Å². The normalized spacial score (nSPS) is 23.1. The lowest BCUT2D eigenvalue weighted by Crippen LogP contribution is -2.41. The maximum atomic E-state index is 2.46. The number of hydrogen-bond acceptors (Lipinski definition) is 2. The molecule has 196 valence electrons. The van der Waals surface area contributed by atoms with Crippen LogP contribution in [0.2, 0.25) is 0 Å². The third kappa shape index (κ3) is 4.37. The first-order valence-electron chi connectivity index (χ1n) is 14.3. The number of anilines is 3. The number of benzene rings is 4. The molecule has 3 atom stereocenters. The molecule has 3 unspecified atom stereocenters. The van der Waals surface area contributed by atoms with Crippen LogP contribution < -0.4 is 4.90 Å². The number of para-hydroxylation sites is 2. The fourth-order valence-electron chi connectivity index (χ4n) is 6.81. The molecule has 7 rings (SSSR count). The first kappa shape index (κ1) is 25.0. The van der Waals surface area contributed by atoms with Gasteiger partial charge in [0.25, 0.3) is 0 Å². The van der Waals surface area contributed by atoms with E-state index in [9.17, 15) is 0 Å². The average molecular weight is 536 g/mol. The molecule has 4 aromatic rings. The first-order chi connectivity index (χ1) is 19.8. The third-order valence-electron chi connectivity index (χ3n) is 8.60. The van der Waals surface area contributed by atoms with E-state index in [4.69, 9.17) is 0 Å². The van der Waals surface area contributed by atoms with Crippen molar-refractivity contribution in [3.05, 3.63) is 168 Å². The molecular formula is C38H33NS. The lowest BCUT2D eigenvalue weighted by Gasteiger charge is -2.44. The van der Waals surface area contributed by atoms with Crippen molar-refractivity contribution in [2.75, 3.05) is 4.90 Å². The van der Waals surface area contributed by atoms with Crippen LogP contribution >= 0.6 is 11.8 Å². The summed E-state index contributed by atoms with van der Waals surface area (Å²) in [5, 5.41) is 0.375. The Kier molecular flexibility index (Phi) is 6.79. The Bertz CT molecular complexity index is 1560. The van der Waals surface area contributed by atoms with E-state index in [1.807, 2.05) is 0 Å². The predicted octanol–water partition coefficient (Wildman–Crippen LogP) is 10.1. The highest BCUT2D eigenvalue weighted by Crippen LogP contribution is 2.56. The topological polar surface area (TPSA) is 3.24 Å². The van der Waals surface area contributed by atoms with E-state index < -0.39 is 0 Å². The molecular weight excluding hydrogens is 502 g/mol. The van der Waals surface area contributed by atoms with Crippen LogP contribution in [-0.4, -0.2) is 5.25 Å². The Balaban J connectivity index is 1.46. The zero-order valence-corrected chi connectivity index (χ0v) is 23.4. The minimum Gasteiger partial charge on any atom is -0.309 e. The minimum atomic E-state index is -0.112. The average Bonchev–Trinajstić information content (AvgIpc) is 3.19. The second-order valence-electron chi connectivity index (χ2n) is 10.8. The largest absolute Gasteiger partial charge is 0.309 e. The summed E-state index contributed by atoms with van der Waals surface area (Å²) in [6, 6.07) is 39.9. The first-order valence-corrected chi connectivity index (χ1v) is 15.2. The molecule has 0 fully saturated rings. The van der Waals surface area contributed by atoms with Crippen molar-refractivity contribution in [1.29, 1.82) is 0 Å². The molecule has 1 aliphatic heterocycles. The predicted molar refractivity (Wildman–Crippen MR) is 171 cm³/mol. The smallest absolute Gasteiger partial charge is 0.0600 e. The van der Waals surface area contributed by atoms with Gasteiger partial charge in [-0.1, -0.05) is 121 Å². The van der Waals surface area contributed by atoms with E-state index in [2.05, 4.69) is 168 Å². The maximum Gasteiger partial charge on any atom is 0.0600 e. The summed E-state index contributed by atoms with van der Waals surface area (Å²) in [7, 11) is 0. The van der Waals surface area contributed by atoms with Crippen molar-refractivity contribution in [2.45, 2.75) is 34.8 Å². The summed E-state index contributed by atoms with van der Waals surface area (Å²) in [4.78, 5) is 3.83. The van der Waals surface area contributed by atoms with E-state index in [1.165, 1.54) is 33.1 Å². The van der Waals surface area contributed by atoms with E-state index in [0.29, 0.717) is 11.2 Å². The maximum absolute atomic E-state index is 2.46. The van der Waals surface area contributed by atoms with Crippen molar-refractivity contribution in [2.24, 2.45) is 5.92 Å². The fourth-order valence-corrected chi connectivity index (χ4v) is 8.29. The van der Waals surface area contributed by atoms with Crippen molar-refractivity contribution in [3.63, 3.8) is 0 Å². The summed E-state index contributed by atoms with van der Waals surface area (Å²) < 4.78 is 0. The number of nitrogens with zero attached hydrogens (tertiary/aromatic N) is 1. The van der Waals surface area contributed by atoms with Gasteiger partial charge in [0.05, 0.1) is 5.69 Å². The molecule has 1 heterocycles. The molecule has 2 heteroatoms. The summed E-state index contributed by atoms with van der Waals surface area (Å²) >= 11 is 2.06. The van der Waals surface area contributed by atoms with Gasteiger partial charge in [-0.3, -0.25) is 0 Å². The van der Waals surface area contributed by atoms with Crippen LogP contribution in [0.5, 0.6) is 0 Å². The van der Waals surface area contributed by atoms with Crippen LogP contribution in [0.1, 0.15) is 24.0 Å². The lowest BCUT2D eigenvalue weighted by molar-refractivity contribution is 0.361. The summed E-state index contributed by atoms with van der Waals surface area (Å²) in [6.07, 6.45) is 19.4. The van der Waals surface area contributed by atoms with Gasteiger partial charge < -0.3 is 4.90 Å². The van der Waals surface area contributed by atoms with Crippen molar-refractivity contribution in [3.8, 4) is 0 Å². The van der Waals surface area contributed by atoms with Gasteiger partial charge >= 0.3 is 0 Å². The minimum absolute atomic E-state index is 0.112. The molecule has 1 nitrogen and oxygen atoms in total. The SMILES string of the molecule is C1=CCC2Sc3c(cccc3N(c3ccccc3)c3ccccc3)CC(c3ccccc3)(C3C=CC=CC3)C2=C1. The molecule has 0 N–H and O–H groups in total. The second kappa shape index (κ2) is 10.9. The van der Waals surface area contributed by atoms with Crippen molar-refractivity contribution < 1.29 is 0 Å². The Morgan fingerprint density at radius 3 is 2.00 bits per heavy atom. The Labute approximate surface area is 242 Å². The van der Waals surface area contributed by atoms with Crippen LogP contribution in [0.4, 0.5) is 17.1 Å². The van der Waals surface area contributed by atoms with Crippen LogP contribution in [-0.2, 0) is 11.8 Å². The molecule has 4 aromatic carbocycles. The van der Waals surface area contributed by atoms with Crippen molar-refractivity contribution in [1.82, 2.24) is 0 Å². The molecule has 0 spiro atoms. The van der Waals surface area contributed by atoms with Gasteiger partial charge in [0.15, 0.2) is 0 Å². The molecule has 2 aliphatic carbocycles. The quantitative estimate of drug-likeness (QED) is 0.250. The molecule has 0 bridgehead atoms. The van der Waals surface area contributed by atoms with E-state index >= 15 is 0 Å². The fraction of sp³-hybridized carbons (Fsp3) is 0.158. The monoisotopic (exact) mass is 535 g/mol. The molecule has 0 saturated carbocycles. The van der Waals surface area contributed by atoms with E-state index in [1.54, 1.807) is 5.57 Å². The number of allylic oxidation sites excluding steroid dienone is 7. The van der Waals surface area contributed by atoms with Gasteiger partial charge in [-0.2, -0.15) is 0 Å². The highest BCUT2D eigenvalue weighted by atomic mass is 32.2. The number of rotatable bonds is 5. The van der Waals surface area contributed by atoms with E-state index in [-0.39, 0.29) is 5.41 Å². The zero-order valence-electron chi connectivity index (χ0n) is 22.6. The molecule has 0 saturated heterocycles. The van der Waals surface area contributed by atoms with Crippen LogP contribution in [0.3, 0.4) is 0 Å². The second-order valence-corrected chi connectivity index (χ2v) is 12.0. The highest BCUT2D eigenvalue weighted by molar-refractivity contribution is 8.00. The van der Waals surface area contributed by atoms with Gasteiger partial charge in [0.2, 0.25) is 0 Å². The Hall–Kier alpha value is -4.01. The zero-order chi connectivity index (χ0) is 26.8. The standard InChI is InChI=1S/C38H33NS/c1-5-17-30(18-6-1)38(31-19-7-2-8-20-31)28-29-16-15-26-35(37(29)40-36-27-14-13-25-34(36)38)39(32-21-9-3-10-22-32)33-23-11-4-12-24-33/h1-19,21-26,31,36H,20,27-28H2. The van der Waals surface area contributed by atoms with E-state index in [0.717, 1.165) is 19.3 Å². The molecule has 0 amide bonds. The van der Waals surface area contributed by atoms with Gasteiger partial charge in [-0.15, -0.1) is 11.8 Å². The number of fused-ring (bicyclic) bond motifs is 2. The number of thioether (sulfide) groups is 1. The van der Waals surface area contributed by atoms with Gasteiger partial charge in [0, 0.05) is 26.9 Å². The van der Waals surface area contributed by atoms with Gasteiger partial charge in [-0.25, -0.2) is 0 Å². The lowest BCUT2D eigenvalue weighted by atomic mass is 9.59. The Morgan fingerprint density at radius 1 is 0.650 bits per heavy atom. The molecule has 40 heavy (non-hydrogen) atoms. The summed E-state index contributed by atoms with van der Waals surface area (Å²) in [5.74, 6) is 0.398. The summed E-state index contributed by atoms with van der Waals surface area (Å²) in [6.45, 7) is 0. The molecule has 0 radical (unpaired) electrons. The third-order valence-corrected chi connectivity index (χ3v) is 10.0. The molecule has 3 aliphatic rings. The van der Waals surface area contributed by atoms with Crippen LogP contribution in [0.15, 0.2) is 162 Å². The number of hydrogen-bond donors (Lipinski definition) is 0. The molecule has 0 aromatic heterocycles. The van der Waals surface area contributed by atoms with Crippen LogP contribution in [0.25, 0.3) is 0 Å². The van der Waals surface area contributed by atoms with Crippen molar-refractivity contribution >= 4 is 28.8 Å². The van der Waals surface area contributed by atoms with Gasteiger partial charge in [0.1, 0.15) is 0 Å². The Morgan fingerprint density at radius 2 is 1.32 bits per heavy atom. The van der Waals surface area contributed by atoms with Gasteiger partial charge in [-0.05, 0) is 72.2 Å². The highest BCUT2D eigenvalue weighted by Gasteiger charge is 2.47.